The Balaban J connectivity index is 1.86. The van der Waals surface area contributed by atoms with Crippen molar-refractivity contribution in [2.75, 3.05) is 20.8 Å². The van der Waals surface area contributed by atoms with Gasteiger partial charge in [0.1, 0.15) is 0 Å². The van der Waals surface area contributed by atoms with E-state index >= 15 is 0 Å². The molecule has 0 heterocycles. The summed E-state index contributed by atoms with van der Waals surface area (Å²) in [6.07, 6.45) is 1.17. The molecule has 0 aliphatic heterocycles. The van der Waals surface area contributed by atoms with Crippen molar-refractivity contribution in [3.63, 3.8) is 0 Å². The van der Waals surface area contributed by atoms with Gasteiger partial charge in [-0.05, 0) is 30.4 Å². The molecule has 22 heavy (non-hydrogen) atoms. The van der Waals surface area contributed by atoms with E-state index in [0.717, 1.165) is 5.96 Å². The average Bonchev–Trinajstić information content (AvgIpc) is 3.26. The van der Waals surface area contributed by atoms with Gasteiger partial charge in [0.15, 0.2) is 5.96 Å². The fourth-order valence-corrected chi connectivity index (χ4v) is 2.72. The molecule has 3 atom stereocenters. The number of nitrogens with one attached hydrogen (secondary N) is 2. The third kappa shape index (κ3) is 4.47. The molecule has 1 aliphatic carbocycles. The molecule has 2 N–H and O–H groups in total. The summed E-state index contributed by atoms with van der Waals surface area (Å²) >= 11 is 0. The number of methoxy groups -OCH3 is 1. The summed E-state index contributed by atoms with van der Waals surface area (Å²) in [5.41, 5.74) is 2.82. The van der Waals surface area contributed by atoms with Crippen molar-refractivity contribution >= 4 is 5.96 Å². The lowest BCUT2D eigenvalue weighted by Gasteiger charge is -2.17. The molecule has 1 aromatic rings. The SMILES string of the molecule is CN=C(NC(C)COC)NC1CC1c1ccc(C(C)C)cc1. The molecule has 2 rings (SSSR count). The average molecular weight is 303 g/mol. The maximum absolute atomic E-state index is 5.15. The van der Waals surface area contributed by atoms with Crippen LogP contribution in [-0.2, 0) is 4.74 Å². The van der Waals surface area contributed by atoms with E-state index in [1.54, 1.807) is 7.11 Å². The molecule has 122 valence electrons. The maximum Gasteiger partial charge on any atom is 0.191 e. The standard InChI is InChI=1S/C18H29N3O/c1-12(2)14-6-8-15(9-7-14)16-10-17(16)21-18(19-4)20-13(3)11-22-5/h6-9,12-13,16-17H,10-11H2,1-5H3,(H2,19,20,21). The third-order valence-corrected chi connectivity index (χ3v) is 4.17. The smallest absolute Gasteiger partial charge is 0.191 e. The van der Waals surface area contributed by atoms with Crippen molar-refractivity contribution in [2.24, 2.45) is 4.99 Å². The minimum Gasteiger partial charge on any atom is -0.383 e. The molecular formula is C18H29N3O. The quantitative estimate of drug-likeness (QED) is 0.627. The lowest BCUT2D eigenvalue weighted by atomic mass is 10.0. The summed E-state index contributed by atoms with van der Waals surface area (Å²) in [5, 5.41) is 6.85. The van der Waals surface area contributed by atoms with Crippen LogP contribution in [0.5, 0.6) is 0 Å². The number of hydrogen-bond acceptors (Lipinski definition) is 2. The van der Waals surface area contributed by atoms with Crippen LogP contribution < -0.4 is 10.6 Å². The number of nitrogens with zero attached hydrogens (tertiary/aromatic N) is 1. The molecule has 0 radical (unpaired) electrons. The topological polar surface area (TPSA) is 45.7 Å². The van der Waals surface area contributed by atoms with Gasteiger partial charge in [0.2, 0.25) is 0 Å². The molecule has 0 saturated heterocycles. The fourth-order valence-electron chi connectivity index (χ4n) is 2.72. The van der Waals surface area contributed by atoms with Crippen LogP contribution in [0.4, 0.5) is 0 Å². The summed E-state index contributed by atoms with van der Waals surface area (Å²) in [7, 11) is 3.52. The Morgan fingerprint density at radius 3 is 2.50 bits per heavy atom. The van der Waals surface area contributed by atoms with Crippen LogP contribution in [0.1, 0.15) is 50.2 Å². The Labute approximate surface area is 134 Å². The Morgan fingerprint density at radius 1 is 1.27 bits per heavy atom. The molecule has 3 unspecified atom stereocenters. The minimum absolute atomic E-state index is 0.249. The predicted octanol–water partition coefficient (Wildman–Crippen LogP) is 2.87. The first-order chi connectivity index (χ1) is 10.5. The molecule has 4 nitrogen and oxygen atoms in total. The molecule has 0 bridgehead atoms. The minimum atomic E-state index is 0.249. The molecule has 1 aromatic carbocycles. The number of rotatable bonds is 6. The maximum atomic E-state index is 5.15. The normalized spacial score (nSPS) is 22.5. The lowest BCUT2D eigenvalue weighted by Crippen LogP contribution is -2.45. The number of ether oxygens (including phenoxy) is 1. The van der Waals surface area contributed by atoms with Gasteiger partial charge in [0, 0.05) is 32.2 Å². The van der Waals surface area contributed by atoms with E-state index < -0.39 is 0 Å². The summed E-state index contributed by atoms with van der Waals surface area (Å²) in [4.78, 5) is 4.29. The zero-order valence-electron chi connectivity index (χ0n) is 14.4. The van der Waals surface area contributed by atoms with E-state index in [1.165, 1.54) is 17.5 Å². The van der Waals surface area contributed by atoms with Gasteiger partial charge in [0.05, 0.1) is 6.61 Å². The first kappa shape index (κ1) is 16.8. The highest BCUT2D eigenvalue weighted by atomic mass is 16.5. The van der Waals surface area contributed by atoms with Gasteiger partial charge in [0.25, 0.3) is 0 Å². The molecule has 1 aliphatic rings. The van der Waals surface area contributed by atoms with Crippen LogP contribution in [0.15, 0.2) is 29.3 Å². The first-order valence-electron chi connectivity index (χ1n) is 8.13. The van der Waals surface area contributed by atoms with Crippen LogP contribution in [0.3, 0.4) is 0 Å². The van der Waals surface area contributed by atoms with Gasteiger partial charge in [-0.3, -0.25) is 4.99 Å². The van der Waals surface area contributed by atoms with Gasteiger partial charge in [-0.2, -0.15) is 0 Å². The highest BCUT2D eigenvalue weighted by Gasteiger charge is 2.39. The van der Waals surface area contributed by atoms with Crippen LogP contribution in [0.2, 0.25) is 0 Å². The molecule has 1 saturated carbocycles. The van der Waals surface area contributed by atoms with Crippen molar-refractivity contribution < 1.29 is 4.74 Å². The molecule has 0 spiro atoms. The van der Waals surface area contributed by atoms with Crippen molar-refractivity contribution in [1.82, 2.24) is 10.6 Å². The molecule has 0 aromatic heterocycles. The van der Waals surface area contributed by atoms with Crippen molar-refractivity contribution in [3.8, 4) is 0 Å². The van der Waals surface area contributed by atoms with Crippen molar-refractivity contribution in [1.29, 1.82) is 0 Å². The second-order valence-corrected chi connectivity index (χ2v) is 6.49. The van der Waals surface area contributed by atoms with Crippen molar-refractivity contribution in [3.05, 3.63) is 35.4 Å². The first-order valence-corrected chi connectivity index (χ1v) is 8.13. The Kier molecular flexibility index (Phi) is 5.83. The van der Waals surface area contributed by atoms with Crippen LogP contribution in [0.25, 0.3) is 0 Å². The number of guanidine groups is 1. The summed E-state index contributed by atoms with van der Waals surface area (Å²) in [6.45, 7) is 7.22. The van der Waals surface area contributed by atoms with Crippen LogP contribution in [0, 0.1) is 0 Å². The van der Waals surface area contributed by atoms with Crippen LogP contribution >= 0.6 is 0 Å². The zero-order chi connectivity index (χ0) is 16.1. The van der Waals surface area contributed by atoms with Gasteiger partial charge in [-0.15, -0.1) is 0 Å². The second kappa shape index (κ2) is 7.63. The second-order valence-electron chi connectivity index (χ2n) is 6.49. The van der Waals surface area contributed by atoms with E-state index in [-0.39, 0.29) is 6.04 Å². The molecule has 4 heteroatoms. The number of aliphatic imine (C=N–C) groups is 1. The van der Waals surface area contributed by atoms with Gasteiger partial charge in [-0.25, -0.2) is 0 Å². The summed E-state index contributed by atoms with van der Waals surface area (Å²) < 4.78 is 5.15. The zero-order valence-corrected chi connectivity index (χ0v) is 14.4. The Morgan fingerprint density at radius 2 is 1.95 bits per heavy atom. The Bertz CT molecular complexity index is 496. The van der Waals surface area contributed by atoms with E-state index in [1.807, 2.05) is 7.05 Å². The number of benzene rings is 1. The molecular weight excluding hydrogens is 274 g/mol. The molecule has 1 fully saturated rings. The predicted molar refractivity (Wildman–Crippen MR) is 92.6 cm³/mol. The molecule has 0 amide bonds. The largest absolute Gasteiger partial charge is 0.383 e. The van der Waals surface area contributed by atoms with E-state index in [2.05, 4.69) is 60.7 Å². The summed E-state index contributed by atoms with van der Waals surface area (Å²) in [6, 6.07) is 9.77. The van der Waals surface area contributed by atoms with Crippen molar-refractivity contribution in [2.45, 2.75) is 51.1 Å². The number of hydrogen-bond donors (Lipinski definition) is 2. The Hall–Kier alpha value is -1.55. The highest BCUT2D eigenvalue weighted by Crippen LogP contribution is 2.41. The third-order valence-electron chi connectivity index (χ3n) is 4.17. The summed E-state index contributed by atoms with van der Waals surface area (Å²) in [5.74, 6) is 2.04. The van der Waals surface area contributed by atoms with E-state index in [0.29, 0.717) is 24.5 Å². The fraction of sp³-hybridized carbons (Fsp3) is 0.611. The van der Waals surface area contributed by atoms with Crippen LogP contribution in [-0.4, -0.2) is 38.8 Å². The monoisotopic (exact) mass is 303 g/mol. The van der Waals surface area contributed by atoms with E-state index in [4.69, 9.17) is 4.74 Å². The lowest BCUT2D eigenvalue weighted by molar-refractivity contribution is 0.179. The van der Waals surface area contributed by atoms with Gasteiger partial charge in [-0.1, -0.05) is 38.1 Å². The van der Waals surface area contributed by atoms with Gasteiger partial charge < -0.3 is 15.4 Å². The van der Waals surface area contributed by atoms with E-state index in [9.17, 15) is 0 Å². The highest BCUT2D eigenvalue weighted by molar-refractivity contribution is 5.80. The van der Waals surface area contributed by atoms with Gasteiger partial charge >= 0.3 is 0 Å².